The fourth-order valence-electron chi connectivity index (χ4n) is 1.85. The molecular weight excluding hydrogens is 198 g/mol. The first-order valence-electron chi connectivity index (χ1n) is 6.20. The molecule has 0 N–H and O–H groups in total. The first kappa shape index (κ1) is 13.0. The van der Waals surface area contributed by atoms with Gasteiger partial charge in [0.2, 0.25) is 0 Å². The van der Waals surface area contributed by atoms with Crippen LogP contribution in [0.1, 0.15) is 20.3 Å². The van der Waals surface area contributed by atoms with Crippen LogP contribution in [0.2, 0.25) is 0 Å². The molecule has 0 bridgehead atoms. The van der Waals surface area contributed by atoms with E-state index >= 15 is 0 Å². The second-order valence-electron chi connectivity index (χ2n) is 3.86. The van der Waals surface area contributed by atoms with Crippen molar-refractivity contribution < 1.29 is 0 Å². The van der Waals surface area contributed by atoms with Gasteiger partial charge >= 0.3 is 0 Å². The standard InChI is InChI=1S/C11H17N3.C2H6/c1-13-6-3-7-14(9-8-13)11-4-2-5-12-10-11;1-2/h2,4-5,10H,3,6-9H2,1H3;1-2H3. The second-order valence-corrected chi connectivity index (χ2v) is 3.86. The Hall–Kier alpha value is -1.09. The molecule has 0 spiro atoms. The predicted octanol–water partition coefficient (Wildman–Crippen LogP) is 2.25. The Morgan fingerprint density at radius 3 is 2.62 bits per heavy atom. The van der Waals surface area contributed by atoms with Crippen molar-refractivity contribution in [1.29, 1.82) is 0 Å². The summed E-state index contributed by atoms with van der Waals surface area (Å²) >= 11 is 0. The molecule has 0 atom stereocenters. The molecule has 0 unspecified atom stereocenters. The van der Waals surface area contributed by atoms with E-state index in [2.05, 4.69) is 27.9 Å². The average molecular weight is 221 g/mol. The molecule has 90 valence electrons. The van der Waals surface area contributed by atoms with Gasteiger partial charge < -0.3 is 9.80 Å². The third-order valence-corrected chi connectivity index (χ3v) is 2.73. The lowest BCUT2D eigenvalue weighted by Gasteiger charge is -2.21. The van der Waals surface area contributed by atoms with Crippen LogP contribution in [0.25, 0.3) is 0 Å². The highest BCUT2D eigenvalue weighted by molar-refractivity contribution is 5.43. The Morgan fingerprint density at radius 2 is 1.94 bits per heavy atom. The maximum atomic E-state index is 4.15. The largest absolute Gasteiger partial charge is 0.369 e. The molecule has 16 heavy (non-hydrogen) atoms. The van der Waals surface area contributed by atoms with Gasteiger partial charge in [-0.05, 0) is 32.1 Å². The Bertz CT molecular complexity index is 274. The molecule has 0 amide bonds. The minimum atomic E-state index is 1.11. The molecule has 0 radical (unpaired) electrons. The summed E-state index contributed by atoms with van der Waals surface area (Å²) in [6.07, 6.45) is 5.02. The van der Waals surface area contributed by atoms with E-state index < -0.39 is 0 Å². The quantitative estimate of drug-likeness (QED) is 0.725. The third kappa shape index (κ3) is 3.81. The zero-order valence-electron chi connectivity index (χ0n) is 10.7. The third-order valence-electron chi connectivity index (χ3n) is 2.73. The van der Waals surface area contributed by atoms with Crippen LogP contribution < -0.4 is 4.90 Å². The van der Waals surface area contributed by atoms with Crippen molar-refractivity contribution in [1.82, 2.24) is 9.88 Å². The van der Waals surface area contributed by atoms with Crippen molar-refractivity contribution in [3.8, 4) is 0 Å². The first-order chi connectivity index (χ1) is 7.86. The minimum absolute atomic E-state index is 1.11. The molecule has 1 aliphatic rings. The highest BCUT2D eigenvalue weighted by Gasteiger charge is 2.11. The number of rotatable bonds is 1. The number of aromatic nitrogens is 1. The van der Waals surface area contributed by atoms with Gasteiger partial charge in [0.05, 0.1) is 11.9 Å². The van der Waals surface area contributed by atoms with Gasteiger partial charge in [0, 0.05) is 25.8 Å². The Kier molecular flexibility index (Phi) is 5.86. The van der Waals surface area contributed by atoms with Crippen molar-refractivity contribution in [3.05, 3.63) is 24.5 Å². The molecule has 2 rings (SSSR count). The van der Waals surface area contributed by atoms with E-state index in [1.54, 1.807) is 0 Å². The molecule has 3 heteroatoms. The van der Waals surface area contributed by atoms with Gasteiger partial charge in [0.15, 0.2) is 0 Å². The summed E-state index contributed by atoms with van der Waals surface area (Å²) in [6.45, 7) is 8.61. The van der Waals surface area contributed by atoms with Crippen molar-refractivity contribution in [3.63, 3.8) is 0 Å². The van der Waals surface area contributed by atoms with Crippen molar-refractivity contribution in [2.24, 2.45) is 0 Å². The summed E-state index contributed by atoms with van der Waals surface area (Å²) in [4.78, 5) is 8.95. The number of hydrogen-bond donors (Lipinski definition) is 0. The molecule has 1 aromatic heterocycles. The lowest BCUT2D eigenvalue weighted by Crippen LogP contribution is -2.28. The normalized spacial score (nSPS) is 17.3. The van der Waals surface area contributed by atoms with Gasteiger partial charge in [-0.3, -0.25) is 4.98 Å². The van der Waals surface area contributed by atoms with Gasteiger partial charge in [-0.15, -0.1) is 0 Å². The van der Waals surface area contributed by atoms with Crippen LogP contribution in [-0.4, -0.2) is 43.1 Å². The van der Waals surface area contributed by atoms with Crippen molar-refractivity contribution in [2.75, 3.05) is 38.1 Å². The maximum Gasteiger partial charge on any atom is 0.0553 e. The molecule has 0 saturated carbocycles. The molecule has 0 aromatic carbocycles. The van der Waals surface area contributed by atoms with Crippen LogP contribution in [-0.2, 0) is 0 Å². The number of pyridine rings is 1. The lowest BCUT2D eigenvalue weighted by molar-refractivity contribution is 0.360. The molecule has 2 heterocycles. The van der Waals surface area contributed by atoms with Crippen LogP contribution >= 0.6 is 0 Å². The minimum Gasteiger partial charge on any atom is -0.369 e. The Balaban J connectivity index is 0.000000606. The first-order valence-corrected chi connectivity index (χ1v) is 6.20. The number of likely N-dealkylation sites (N-methyl/N-ethyl adjacent to an activating group) is 1. The van der Waals surface area contributed by atoms with Gasteiger partial charge in [-0.25, -0.2) is 0 Å². The Labute approximate surface area is 99.1 Å². The average Bonchev–Trinajstić information content (AvgIpc) is 2.58. The van der Waals surface area contributed by atoms with E-state index in [4.69, 9.17) is 0 Å². The highest BCUT2D eigenvalue weighted by atomic mass is 15.2. The Morgan fingerprint density at radius 1 is 1.12 bits per heavy atom. The monoisotopic (exact) mass is 221 g/mol. The molecule has 3 nitrogen and oxygen atoms in total. The molecule has 1 aromatic rings. The molecular formula is C13H23N3. The van der Waals surface area contributed by atoms with E-state index in [-0.39, 0.29) is 0 Å². The predicted molar refractivity (Wildman–Crippen MR) is 69.9 cm³/mol. The zero-order chi connectivity index (χ0) is 11.8. The molecule has 1 aliphatic heterocycles. The van der Waals surface area contributed by atoms with Crippen LogP contribution in [0, 0.1) is 0 Å². The van der Waals surface area contributed by atoms with Crippen LogP contribution in [0.4, 0.5) is 5.69 Å². The summed E-state index contributed by atoms with van der Waals surface area (Å²) < 4.78 is 0. The number of nitrogens with zero attached hydrogens (tertiary/aromatic N) is 3. The van der Waals surface area contributed by atoms with E-state index in [1.165, 1.54) is 18.7 Å². The fraction of sp³-hybridized carbons (Fsp3) is 0.615. The summed E-state index contributed by atoms with van der Waals surface area (Å²) in [5.74, 6) is 0. The van der Waals surface area contributed by atoms with E-state index in [0.29, 0.717) is 0 Å². The van der Waals surface area contributed by atoms with Crippen LogP contribution in [0.5, 0.6) is 0 Å². The van der Waals surface area contributed by atoms with Crippen molar-refractivity contribution >= 4 is 5.69 Å². The van der Waals surface area contributed by atoms with E-state index in [1.807, 2.05) is 32.3 Å². The van der Waals surface area contributed by atoms with Gasteiger partial charge in [-0.2, -0.15) is 0 Å². The summed E-state index contributed by atoms with van der Waals surface area (Å²) in [5.41, 5.74) is 1.25. The number of hydrogen-bond acceptors (Lipinski definition) is 3. The molecule has 0 aliphatic carbocycles. The molecule has 1 saturated heterocycles. The SMILES string of the molecule is CC.CN1CCCN(c2cccnc2)CC1. The van der Waals surface area contributed by atoms with Crippen LogP contribution in [0.15, 0.2) is 24.5 Å². The highest BCUT2D eigenvalue weighted by Crippen LogP contribution is 2.13. The van der Waals surface area contributed by atoms with Crippen molar-refractivity contribution in [2.45, 2.75) is 20.3 Å². The smallest absolute Gasteiger partial charge is 0.0553 e. The van der Waals surface area contributed by atoms with E-state index in [0.717, 1.165) is 19.6 Å². The summed E-state index contributed by atoms with van der Waals surface area (Å²) in [7, 11) is 2.19. The molecule has 1 fully saturated rings. The summed E-state index contributed by atoms with van der Waals surface area (Å²) in [5, 5.41) is 0. The van der Waals surface area contributed by atoms with E-state index in [9.17, 15) is 0 Å². The zero-order valence-corrected chi connectivity index (χ0v) is 10.7. The van der Waals surface area contributed by atoms with Gasteiger partial charge in [-0.1, -0.05) is 13.8 Å². The van der Waals surface area contributed by atoms with Gasteiger partial charge in [0.25, 0.3) is 0 Å². The lowest BCUT2D eigenvalue weighted by atomic mass is 10.3. The van der Waals surface area contributed by atoms with Gasteiger partial charge in [0.1, 0.15) is 0 Å². The van der Waals surface area contributed by atoms with Crippen LogP contribution in [0.3, 0.4) is 0 Å². The second kappa shape index (κ2) is 7.23. The number of anilines is 1. The fourth-order valence-corrected chi connectivity index (χ4v) is 1.85. The topological polar surface area (TPSA) is 19.4 Å². The summed E-state index contributed by atoms with van der Waals surface area (Å²) in [6, 6.07) is 4.14. The maximum absolute atomic E-state index is 4.15.